The fraction of sp³-hybridized carbons (Fsp3) is 0.600. The topological polar surface area (TPSA) is 91.5 Å². The third kappa shape index (κ3) is 3.33. The minimum Gasteiger partial charge on any atom is -0.394 e. The van der Waals surface area contributed by atoms with Crippen LogP contribution in [0.4, 0.5) is 5.82 Å². The summed E-state index contributed by atoms with van der Waals surface area (Å²) in [5.41, 5.74) is 3.94. The van der Waals surface area contributed by atoms with Crippen LogP contribution in [-0.2, 0) is 6.42 Å². The van der Waals surface area contributed by atoms with Crippen LogP contribution in [0.5, 0.6) is 0 Å². The van der Waals surface area contributed by atoms with Gasteiger partial charge in [0.05, 0.1) is 12.6 Å². The van der Waals surface area contributed by atoms with Crippen LogP contribution in [0.3, 0.4) is 0 Å². The smallest absolute Gasteiger partial charge is 0.254 e. The van der Waals surface area contributed by atoms with Gasteiger partial charge in [-0.2, -0.15) is 0 Å². The van der Waals surface area contributed by atoms with Crippen molar-refractivity contribution in [1.82, 2.24) is 9.88 Å². The Morgan fingerprint density at radius 3 is 2.95 bits per heavy atom. The Hall–Kier alpha value is -1.66. The van der Waals surface area contributed by atoms with Gasteiger partial charge in [-0.1, -0.05) is 20.3 Å². The molecular formula is C15H24N4O2. The van der Waals surface area contributed by atoms with Crippen molar-refractivity contribution in [2.45, 2.75) is 39.2 Å². The van der Waals surface area contributed by atoms with Gasteiger partial charge >= 0.3 is 0 Å². The second-order valence-electron chi connectivity index (χ2n) is 5.64. The van der Waals surface area contributed by atoms with E-state index in [-0.39, 0.29) is 18.6 Å². The van der Waals surface area contributed by atoms with Gasteiger partial charge in [0, 0.05) is 17.8 Å². The zero-order valence-corrected chi connectivity index (χ0v) is 12.7. The highest BCUT2D eigenvalue weighted by atomic mass is 16.3. The van der Waals surface area contributed by atoms with Gasteiger partial charge < -0.3 is 15.4 Å². The number of carbonyl (C=O) groups is 1. The van der Waals surface area contributed by atoms with Crippen LogP contribution in [0.2, 0.25) is 0 Å². The molecule has 1 aliphatic heterocycles. The summed E-state index contributed by atoms with van der Waals surface area (Å²) < 4.78 is 0. The van der Waals surface area contributed by atoms with Gasteiger partial charge in [0.1, 0.15) is 5.82 Å². The van der Waals surface area contributed by atoms with Crippen molar-refractivity contribution < 1.29 is 9.90 Å². The standard InChI is InChI=1S/C15H24N4O2/c1-3-4-12-7-11(8-14(17-12)18-16)15(21)19-6-5-10(2)13(19)9-20/h7-8,10,13,20H,3-6,9,16H2,1-2H3,(H,17,18). The fourth-order valence-electron chi connectivity index (χ4n) is 2.87. The quantitative estimate of drug-likeness (QED) is 0.559. The van der Waals surface area contributed by atoms with Gasteiger partial charge in [-0.15, -0.1) is 0 Å². The van der Waals surface area contributed by atoms with Crippen LogP contribution < -0.4 is 11.3 Å². The molecule has 6 nitrogen and oxygen atoms in total. The third-order valence-electron chi connectivity index (χ3n) is 4.11. The number of hydrogen-bond acceptors (Lipinski definition) is 5. The van der Waals surface area contributed by atoms with E-state index >= 15 is 0 Å². The van der Waals surface area contributed by atoms with Crippen molar-refractivity contribution in [3.8, 4) is 0 Å². The molecule has 0 aromatic carbocycles. The number of aryl methyl sites for hydroxylation is 1. The minimum atomic E-state index is -0.102. The van der Waals surface area contributed by atoms with Gasteiger partial charge in [-0.05, 0) is 30.9 Å². The minimum absolute atomic E-state index is 0.00179. The van der Waals surface area contributed by atoms with Crippen LogP contribution >= 0.6 is 0 Å². The van der Waals surface area contributed by atoms with Crippen molar-refractivity contribution in [3.05, 3.63) is 23.4 Å². The summed E-state index contributed by atoms with van der Waals surface area (Å²) in [6, 6.07) is 3.39. The maximum Gasteiger partial charge on any atom is 0.254 e. The molecule has 0 aliphatic carbocycles. The molecule has 0 bridgehead atoms. The first-order chi connectivity index (χ1) is 10.1. The number of aliphatic hydroxyl groups excluding tert-OH is 1. The van der Waals surface area contributed by atoms with Gasteiger partial charge in [0.15, 0.2) is 0 Å². The maximum atomic E-state index is 12.7. The average molecular weight is 292 g/mol. The lowest BCUT2D eigenvalue weighted by Gasteiger charge is -2.25. The summed E-state index contributed by atoms with van der Waals surface area (Å²) in [4.78, 5) is 18.8. The molecule has 2 atom stereocenters. The molecule has 1 aliphatic rings. The van der Waals surface area contributed by atoms with Crippen molar-refractivity contribution in [2.75, 3.05) is 18.6 Å². The third-order valence-corrected chi connectivity index (χ3v) is 4.11. The summed E-state index contributed by atoms with van der Waals surface area (Å²) in [5.74, 6) is 6.19. The second-order valence-corrected chi connectivity index (χ2v) is 5.64. The lowest BCUT2D eigenvalue weighted by Crippen LogP contribution is -2.39. The molecule has 1 fully saturated rings. The number of anilines is 1. The van der Waals surface area contributed by atoms with E-state index in [0.29, 0.717) is 23.8 Å². The number of likely N-dealkylation sites (tertiary alicyclic amines) is 1. The zero-order chi connectivity index (χ0) is 15.4. The zero-order valence-electron chi connectivity index (χ0n) is 12.7. The molecule has 2 unspecified atom stereocenters. The molecule has 0 saturated carbocycles. The first-order valence-electron chi connectivity index (χ1n) is 7.50. The van der Waals surface area contributed by atoms with E-state index in [1.165, 1.54) is 0 Å². The van der Waals surface area contributed by atoms with E-state index < -0.39 is 0 Å². The van der Waals surface area contributed by atoms with Crippen molar-refractivity contribution in [2.24, 2.45) is 11.8 Å². The monoisotopic (exact) mass is 292 g/mol. The van der Waals surface area contributed by atoms with Crippen molar-refractivity contribution in [3.63, 3.8) is 0 Å². The largest absolute Gasteiger partial charge is 0.394 e. The number of nitrogens with zero attached hydrogens (tertiary/aromatic N) is 2. The molecule has 0 spiro atoms. The SMILES string of the molecule is CCCc1cc(C(=O)N2CCC(C)C2CO)cc(NN)n1. The van der Waals surface area contributed by atoms with Gasteiger partial charge in [0.25, 0.3) is 5.91 Å². The van der Waals surface area contributed by atoms with Gasteiger partial charge in [-0.3, -0.25) is 4.79 Å². The Bertz CT molecular complexity index is 506. The summed E-state index contributed by atoms with van der Waals surface area (Å²) in [6.45, 7) is 4.82. The predicted molar refractivity (Wildman–Crippen MR) is 81.7 cm³/mol. The molecule has 4 N–H and O–H groups in total. The summed E-state index contributed by atoms with van der Waals surface area (Å²) in [7, 11) is 0. The van der Waals surface area contributed by atoms with Crippen LogP contribution in [0.25, 0.3) is 0 Å². The van der Waals surface area contributed by atoms with E-state index in [9.17, 15) is 9.90 Å². The number of hydrogen-bond donors (Lipinski definition) is 3. The van der Waals surface area contributed by atoms with Crippen LogP contribution in [0, 0.1) is 5.92 Å². The van der Waals surface area contributed by atoms with Crippen molar-refractivity contribution in [1.29, 1.82) is 0 Å². The summed E-state index contributed by atoms with van der Waals surface area (Å²) >= 11 is 0. The molecule has 1 amide bonds. The second kappa shape index (κ2) is 6.87. The number of nitrogens with two attached hydrogens (primary N) is 1. The molecule has 1 aromatic rings. The highest BCUT2D eigenvalue weighted by Crippen LogP contribution is 2.26. The Morgan fingerprint density at radius 2 is 2.33 bits per heavy atom. The summed E-state index contributed by atoms with van der Waals surface area (Å²) in [6.07, 6.45) is 2.68. The van der Waals surface area contributed by atoms with Crippen LogP contribution in [0.15, 0.2) is 12.1 Å². The number of nitrogens with one attached hydrogen (secondary N) is 1. The molecule has 21 heavy (non-hydrogen) atoms. The number of amides is 1. The van der Waals surface area contributed by atoms with E-state index in [1.807, 2.05) is 6.07 Å². The van der Waals surface area contributed by atoms with E-state index in [2.05, 4.69) is 24.3 Å². The van der Waals surface area contributed by atoms with Crippen LogP contribution in [-0.4, -0.2) is 40.1 Å². The molecule has 6 heteroatoms. The molecule has 2 rings (SSSR count). The number of nitrogen functional groups attached to an aromatic ring is 1. The number of aromatic nitrogens is 1. The fourth-order valence-corrected chi connectivity index (χ4v) is 2.87. The number of hydrazine groups is 1. The molecule has 1 aromatic heterocycles. The highest BCUT2D eigenvalue weighted by Gasteiger charge is 2.34. The number of pyridine rings is 1. The molecule has 0 radical (unpaired) electrons. The summed E-state index contributed by atoms with van der Waals surface area (Å²) in [5, 5.41) is 9.50. The van der Waals surface area contributed by atoms with Gasteiger partial charge in [-0.25, -0.2) is 10.8 Å². The Balaban J connectivity index is 2.27. The Kier molecular flexibility index (Phi) is 5.14. The molecular weight excluding hydrogens is 268 g/mol. The predicted octanol–water partition coefficient (Wildman–Crippen LogP) is 1.16. The number of rotatable bonds is 5. The molecule has 116 valence electrons. The number of carbonyl (C=O) groups excluding carboxylic acids is 1. The van der Waals surface area contributed by atoms with E-state index in [1.54, 1.807) is 11.0 Å². The number of aliphatic hydroxyl groups is 1. The van der Waals surface area contributed by atoms with E-state index in [0.717, 1.165) is 25.0 Å². The van der Waals surface area contributed by atoms with E-state index in [4.69, 9.17) is 5.84 Å². The Labute approximate surface area is 125 Å². The highest BCUT2D eigenvalue weighted by molar-refractivity contribution is 5.95. The van der Waals surface area contributed by atoms with Crippen molar-refractivity contribution >= 4 is 11.7 Å². The van der Waals surface area contributed by atoms with Gasteiger partial charge in [0.2, 0.25) is 0 Å². The molecule has 2 heterocycles. The normalized spacial score (nSPS) is 21.6. The van der Waals surface area contributed by atoms with Crippen LogP contribution in [0.1, 0.15) is 42.7 Å². The lowest BCUT2D eigenvalue weighted by atomic mass is 10.0. The average Bonchev–Trinajstić information content (AvgIpc) is 2.87. The first-order valence-corrected chi connectivity index (χ1v) is 7.50. The first kappa shape index (κ1) is 15.7. The molecule has 1 saturated heterocycles. The lowest BCUT2D eigenvalue weighted by molar-refractivity contribution is 0.0648. The maximum absolute atomic E-state index is 12.7. The Morgan fingerprint density at radius 1 is 1.57 bits per heavy atom.